The molecule has 4 aromatic carbocycles. The number of ether oxygens (including phenoxy) is 1. The molecular weight excluding hydrogens is 498 g/mol. The second-order valence-electron chi connectivity index (χ2n) is 7.85. The van der Waals surface area contributed by atoms with Crippen LogP contribution in [0, 0.1) is 0 Å². The third-order valence-electron chi connectivity index (χ3n) is 4.98. The zero-order valence-corrected chi connectivity index (χ0v) is 19.1. The number of hydrogen-bond acceptors (Lipinski definition) is 5. The summed E-state index contributed by atoms with van der Waals surface area (Å²) in [6.07, 6.45) is -9.68. The normalized spacial score (nSPS) is 11.4. The molecule has 0 amide bonds. The second kappa shape index (κ2) is 10.6. The van der Waals surface area contributed by atoms with Crippen molar-refractivity contribution in [3.8, 4) is 22.6 Å². The van der Waals surface area contributed by atoms with Crippen molar-refractivity contribution in [2.24, 2.45) is 0 Å². The number of halogens is 6. The van der Waals surface area contributed by atoms with Crippen LogP contribution in [0.2, 0.25) is 0 Å². The van der Waals surface area contributed by atoms with Crippen molar-refractivity contribution < 1.29 is 31.1 Å². The van der Waals surface area contributed by atoms with Crippen LogP contribution in [0.25, 0.3) is 11.1 Å². The van der Waals surface area contributed by atoms with E-state index in [0.717, 1.165) is 47.1 Å². The zero-order chi connectivity index (χ0) is 27.4. The lowest BCUT2D eigenvalue weighted by molar-refractivity contribution is -0.139. The van der Waals surface area contributed by atoms with Gasteiger partial charge in [-0.05, 0) is 83.9 Å². The summed E-state index contributed by atoms with van der Waals surface area (Å²) < 4.78 is 83.9. The van der Waals surface area contributed by atoms with E-state index in [9.17, 15) is 26.3 Å². The Balaban J connectivity index is 0.000000220. The van der Waals surface area contributed by atoms with Crippen LogP contribution in [-0.2, 0) is 12.4 Å². The first-order valence-electron chi connectivity index (χ1n) is 10.6. The fraction of sp³-hybridized carbons (Fsp3) is 0.0769. The number of rotatable bonds is 3. The summed E-state index contributed by atoms with van der Waals surface area (Å²) in [4.78, 5) is 0. The van der Waals surface area contributed by atoms with E-state index < -0.39 is 34.6 Å². The van der Waals surface area contributed by atoms with Crippen molar-refractivity contribution in [3.05, 3.63) is 96.1 Å². The summed E-state index contributed by atoms with van der Waals surface area (Å²) in [5.74, 6) is 1.52. The van der Waals surface area contributed by atoms with Gasteiger partial charge in [0.25, 0.3) is 0 Å². The van der Waals surface area contributed by atoms with Crippen LogP contribution in [-0.4, -0.2) is 0 Å². The summed E-state index contributed by atoms with van der Waals surface area (Å²) in [5, 5.41) is 0. The number of nitrogens with two attached hydrogens (primary N) is 4. The molecule has 0 saturated heterocycles. The van der Waals surface area contributed by atoms with Gasteiger partial charge in [0.05, 0.1) is 11.1 Å². The van der Waals surface area contributed by atoms with Gasteiger partial charge in [-0.3, -0.25) is 0 Å². The lowest BCUT2D eigenvalue weighted by atomic mass is 9.94. The molecule has 4 aromatic rings. The number of hydrogen-bond donors (Lipinski definition) is 4. The maximum Gasteiger partial charge on any atom is 0.417 e. The fourth-order valence-electron chi connectivity index (χ4n) is 3.27. The highest BCUT2D eigenvalue weighted by Gasteiger charge is 2.38. The second-order valence-corrected chi connectivity index (χ2v) is 7.85. The summed E-state index contributed by atoms with van der Waals surface area (Å²) in [7, 11) is 0. The lowest BCUT2D eigenvalue weighted by Crippen LogP contribution is -2.12. The van der Waals surface area contributed by atoms with Gasteiger partial charge in [-0.25, -0.2) is 0 Å². The average Bonchev–Trinajstić information content (AvgIpc) is 2.81. The van der Waals surface area contributed by atoms with Crippen LogP contribution in [0.15, 0.2) is 84.9 Å². The van der Waals surface area contributed by atoms with Crippen molar-refractivity contribution in [2.75, 3.05) is 22.9 Å². The van der Waals surface area contributed by atoms with Gasteiger partial charge in [0.1, 0.15) is 11.5 Å². The fourth-order valence-corrected chi connectivity index (χ4v) is 3.27. The number of alkyl halides is 6. The van der Waals surface area contributed by atoms with E-state index in [0.29, 0.717) is 12.1 Å². The lowest BCUT2D eigenvalue weighted by Gasteiger charge is -2.18. The molecule has 8 N–H and O–H groups in total. The molecule has 0 saturated carbocycles. The highest BCUT2D eigenvalue weighted by molar-refractivity contribution is 5.75. The van der Waals surface area contributed by atoms with Crippen LogP contribution in [0.1, 0.15) is 11.1 Å². The van der Waals surface area contributed by atoms with Gasteiger partial charge >= 0.3 is 12.4 Å². The van der Waals surface area contributed by atoms with Gasteiger partial charge in [0.2, 0.25) is 0 Å². The molecule has 0 unspecified atom stereocenters. The number of nitrogen functional groups attached to an aromatic ring is 4. The largest absolute Gasteiger partial charge is 0.457 e. The van der Waals surface area contributed by atoms with Crippen molar-refractivity contribution in [1.29, 1.82) is 0 Å². The minimum absolute atomic E-state index is 0.194. The Morgan fingerprint density at radius 3 is 1.03 bits per heavy atom. The van der Waals surface area contributed by atoms with Crippen LogP contribution in [0.5, 0.6) is 11.5 Å². The summed E-state index contributed by atoms with van der Waals surface area (Å²) in [6, 6.07) is 19.8. The number of benzene rings is 4. The molecule has 0 atom stereocenters. The van der Waals surface area contributed by atoms with Crippen molar-refractivity contribution in [3.63, 3.8) is 0 Å². The molecule has 0 radical (unpaired) electrons. The molecule has 0 bridgehead atoms. The van der Waals surface area contributed by atoms with E-state index in [4.69, 9.17) is 27.7 Å². The summed E-state index contributed by atoms with van der Waals surface area (Å²) in [6.45, 7) is 0. The topological polar surface area (TPSA) is 113 Å². The van der Waals surface area contributed by atoms with E-state index in [2.05, 4.69) is 0 Å². The van der Waals surface area contributed by atoms with E-state index in [1.54, 1.807) is 24.3 Å². The molecule has 194 valence electrons. The third-order valence-corrected chi connectivity index (χ3v) is 4.98. The molecule has 0 fully saturated rings. The summed E-state index contributed by atoms with van der Waals surface area (Å²) >= 11 is 0. The van der Waals surface area contributed by atoms with Gasteiger partial charge in [0.15, 0.2) is 0 Å². The monoisotopic (exact) mass is 520 g/mol. The Labute approximate surface area is 208 Å². The molecular formula is C26H22F6N4O. The highest BCUT2D eigenvalue weighted by Crippen LogP contribution is 2.43. The molecule has 5 nitrogen and oxygen atoms in total. The Kier molecular flexibility index (Phi) is 7.76. The van der Waals surface area contributed by atoms with E-state index >= 15 is 0 Å². The molecule has 0 aliphatic rings. The van der Waals surface area contributed by atoms with Crippen LogP contribution >= 0.6 is 0 Å². The van der Waals surface area contributed by atoms with Crippen LogP contribution in [0.4, 0.5) is 49.1 Å². The van der Waals surface area contributed by atoms with Gasteiger partial charge in [-0.2, -0.15) is 26.3 Å². The van der Waals surface area contributed by atoms with Gasteiger partial charge in [-0.1, -0.05) is 12.1 Å². The predicted octanol–water partition coefficient (Wildman–Crippen LogP) is 7.20. The van der Waals surface area contributed by atoms with E-state index in [-0.39, 0.29) is 11.4 Å². The molecule has 4 rings (SSSR count). The Morgan fingerprint density at radius 1 is 0.432 bits per heavy atom. The minimum atomic E-state index is -4.84. The Hall–Kier alpha value is -4.54. The van der Waals surface area contributed by atoms with E-state index in [1.807, 2.05) is 24.3 Å². The van der Waals surface area contributed by atoms with Crippen LogP contribution < -0.4 is 27.7 Å². The molecule has 0 aromatic heterocycles. The van der Waals surface area contributed by atoms with Gasteiger partial charge in [-0.15, -0.1) is 0 Å². The standard InChI is InChI=1S/C14H10F6N2.C12H12N2O/c15-13(16,17)11-5-7(21)1-3-9(11)10-4-2-8(22)6-12(10)14(18,19)20;13-9-1-5-11(6-2-9)15-12-7-3-10(14)4-8-12/h1-6H,21-22H2;1-8H,13-14H2. The SMILES string of the molecule is Nc1ccc(-c2ccc(N)cc2C(F)(F)F)c(C(F)(F)F)c1.Nc1ccc(Oc2ccc(N)cc2)cc1. The zero-order valence-electron chi connectivity index (χ0n) is 19.1. The Morgan fingerprint density at radius 2 is 0.730 bits per heavy atom. The van der Waals surface area contributed by atoms with Crippen molar-refractivity contribution in [1.82, 2.24) is 0 Å². The quantitative estimate of drug-likeness (QED) is 0.169. The molecule has 0 spiro atoms. The Bertz CT molecular complexity index is 1250. The average molecular weight is 520 g/mol. The number of anilines is 4. The predicted molar refractivity (Wildman–Crippen MR) is 132 cm³/mol. The first-order chi connectivity index (χ1) is 17.2. The smallest absolute Gasteiger partial charge is 0.417 e. The molecule has 11 heteroatoms. The van der Waals surface area contributed by atoms with E-state index in [1.165, 1.54) is 0 Å². The molecule has 37 heavy (non-hydrogen) atoms. The first-order valence-corrected chi connectivity index (χ1v) is 10.6. The molecule has 0 aliphatic carbocycles. The van der Waals surface area contributed by atoms with Crippen molar-refractivity contribution in [2.45, 2.75) is 12.4 Å². The van der Waals surface area contributed by atoms with Crippen LogP contribution in [0.3, 0.4) is 0 Å². The maximum atomic E-state index is 13.1. The van der Waals surface area contributed by atoms with Gasteiger partial charge < -0.3 is 27.7 Å². The first kappa shape index (κ1) is 27.1. The third kappa shape index (κ3) is 7.23. The molecule has 0 heterocycles. The van der Waals surface area contributed by atoms with Crippen molar-refractivity contribution >= 4 is 22.7 Å². The molecule has 0 aliphatic heterocycles. The minimum Gasteiger partial charge on any atom is -0.457 e. The van der Waals surface area contributed by atoms with Gasteiger partial charge in [0, 0.05) is 22.7 Å². The maximum absolute atomic E-state index is 13.1. The highest BCUT2D eigenvalue weighted by atomic mass is 19.4. The summed E-state index contributed by atoms with van der Waals surface area (Å²) in [5.41, 5.74) is 19.1.